The molecule has 0 saturated heterocycles. The fourth-order valence-corrected chi connectivity index (χ4v) is 1.70. The first-order valence-electron chi connectivity index (χ1n) is 5.32. The first-order chi connectivity index (χ1) is 8.11. The Balaban J connectivity index is 2.56. The molecule has 0 aliphatic rings. The van der Waals surface area contributed by atoms with Crippen LogP contribution in [0.2, 0.25) is 0 Å². The zero-order valence-corrected chi connectivity index (χ0v) is 9.83. The molecule has 0 fully saturated rings. The van der Waals surface area contributed by atoms with Gasteiger partial charge < -0.3 is 10.5 Å². The molecule has 0 aliphatic carbocycles. The van der Waals surface area contributed by atoms with Crippen LogP contribution in [0.15, 0.2) is 36.4 Å². The van der Waals surface area contributed by atoms with Crippen molar-refractivity contribution in [3.63, 3.8) is 0 Å². The van der Waals surface area contributed by atoms with Crippen molar-refractivity contribution in [2.75, 3.05) is 12.8 Å². The molecule has 0 amide bonds. The van der Waals surface area contributed by atoms with Gasteiger partial charge in [-0.15, -0.1) is 0 Å². The van der Waals surface area contributed by atoms with Crippen LogP contribution in [0, 0.1) is 12.7 Å². The molecular formula is C14H14FNO. The largest absolute Gasteiger partial charge is 0.497 e. The van der Waals surface area contributed by atoms with Crippen molar-refractivity contribution in [1.82, 2.24) is 0 Å². The molecule has 17 heavy (non-hydrogen) atoms. The lowest BCUT2D eigenvalue weighted by Crippen LogP contribution is -1.94. The topological polar surface area (TPSA) is 35.2 Å². The monoisotopic (exact) mass is 231 g/mol. The molecule has 0 unspecified atom stereocenters. The molecule has 0 bridgehead atoms. The van der Waals surface area contributed by atoms with Gasteiger partial charge in [-0.05, 0) is 42.3 Å². The highest BCUT2D eigenvalue weighted by Gasteiger charge is 2.08. The van der Waals surface area contributed by atoms with Gasteiger partial charge >= 0.3 is 0 Å². The number of ether oxygens (including phenoxy) is 1. The van der Waals surface area contributed by atoms with E-state index in [0.717, 1.165) is 11.1 Å². The highest BCUT2D eigenvalue weighted by molar-refractivity contribution is 5.70. The zero-order valence-electron chi connectivity index (χ0n) is 9.83. The van der Waals surface area contributed by atoms with E-state index in [2.05, 4.69) is 0 Å². The number of nitrogens with two attached hydrogens (primary N) is 1. The molecule has 3 heteroatoms. The molecule has 2 N–H and O–H groups in total. The van der Waals surface area contributed by atoms with Crippen LogP contribution < -0.4 is 10.5 Å². The van der Waals surface area contributed by atoms with Crippen LogP contribution in [0.3, 0.4) is 0 Å². The van der Waals surface area contributed by atoms with Crippen molar-refractivity contribution in [3.05, 3.63) is 47.8 Å². The summed E-state index contributed by atoms with van der Waals surface area (Å²) in [6.45, 7) is 1.79. The molecule has 2 aromatic carbocycles. The van der Waals surface area contributed by atoms with Crippen LogP contribution in [-0.4, -0.2) is 7.11 Å². The van der Waals surface area contributed by atoms with Crippen LogP contribution >= 0.6 is 0 Å². The lowest BCUT2D eigenvalue weighted by Gasteiger charge is -2.08. The van der Waals surface area contributed by atoms with Crippen molar-refractivity contribution in [1.29, 1.82) is 0 Å². The summed E-state index contributed by atoms with van der Waals surface area (Å²) in [5.41, 5.74) is 8.38. The van der Waals surface area contributed by atoms with E-state index >= 15 is 0 Å². The van der Waals surface area contributed by atoms with Gasteiger partial charge in [-0.3, -0.25) is 0 Å². The van der Waals surface area contributed by atoms with E-state index in [0.29, 0.717) is 17.0 Å². The normalized spacial score (nSPS) is 10.3. The zero-order chi connectivity index (χ0) is 12.4. The SMILES string of the molecule is COc1cccc(-c2cc(N)c(C)cc2F)c1. The van der Waals surface area contributed by atoms with E-state index in [1.54, 1.807) is 26.2 Å². The second-order valence-corrected chi connectivity index (χ2v) is 3.92. The van der Waals surface area contributed by atoms with Crippen LogP contribution in [0.1, 0.15) is 5.56 Å². The second-order valence-electron chi connectivity index (χ2n) is 3.92. The first-order valence-corrected chi connectivity index (χ1v) is 5.32. The number of aryl methyl sites for hydroxylation is 1. The van der Waals surface area contributed by atoms with Gasteiger partial charge in [0.05, 0.1) is 7.11 Å². The minimum atomic E-state index is -0.273. The molecular weight excluding hydrogens is 217 g/mol. The lowest BCUT2D eigenvalue weighted by molar-refractivity contribution is 0.415. The summed E-state index contributed by atoms with van der Waals surface area (Å²) < 4.78 is 19.0. The Bertz CT molecular complexity index is 552. The number of hydrogen-bond donors (Lipinski definition) is 1. The van der Waals surface area contributed by atoms with Crippen molar-refractivity contribution in [3.8, 4) is 16.9 Å². The van der Waals surface area contributed by atoms with E-state index in [9.17, 15) is 4.39 Å². The van der Waals surface area contributed by atoms with Gasteiger partial charge in [0, 0.05) is 11.3 Å². The number of nitrogen functional groups attached to an aromatic ring is 1. The maximum atomic E-state index is 13.9. The number of halogens is 1. The molecule has 2 rings (SSSR count). The highest BCUT2D eigenvalue weighted by atomic mass is 19.1. The average Bonchev–Trinajstić information content (AvgIpc) is 2.34. The van der Waals surface area contributed by atoms with Gasteiger partial charge in [0.25, 0.3) is 0 Å². The van der Waals surface area contributed by atoms with Crippen LogP contribution in [0.4, 0.5) is 10.1 Å². The Hall–Kier alpha value is -2.03. The van der Waals surface area contributed by atoms with Crippen molar-refractivity contribution in [2.24, 2.45) is 0 Å². The Morgan fingerprint density at radius 1 is 1.18 bits per heavy atom. The number of methoxy groups -OCH3 is 1. The van der Waals surface area contributed by atoms with E-state index in [1.807, 2.05) is 18.2 Å². The molecule has 0 spiro atoms. The second kappa shape index (κ2) is 4.45. The third kappa shape index (κ3) is 2.23. The van der Waals surface area contributed by atoms with Crippen molar-refractivity contribution in [2.45, 2.75) is 6.92 Å². The fraction of sp³-hybridized carbons (Fsp3) is 0.143. The number of anilines is 1. The summed E-state index contributed by atoms with van der Waals surface area (Å²) in [7, 11) is 1.58. The smallest absolute Gasteiger partial charge is 0.131 e. The van der Waals surface area contributed by atoms with Crippen LogP contribution in [0.25, 0.3) is 11.1 Å². The van der Waals surface area contributed by atoms with Gasteiger partial charge in [-0.25, -0.2) is 4.39 Å². The van der Waals surface area contributed by atoms with Crippen molar-refractivity contribution >= 4 is 5.69 Å². The number of benzene rings is 2. The lowest BCUT2D eigenvalue weighted by atomic mass is 10.0. The average molecular weight is 231 g/mol. The van der Waals surface area contributed by atoms with Gasteiger partial charge in [0.2, 0.25) is 0 Å². The third-order valence-electron chi connectivity index (χ3n) is 2.74. The van der Waals surface area contributed by atoms with E-state index in [1.165, 1.54) is 6.07 Å². The number of rotatable bonds is 2. The molecule has 0 radical (unpaired) electrons. The van der Waals surface area contributed by atoms with Gasteiger partial charge in [0.1, 0.15) is 11.6 Å². The Kier molecular flexibility index (Phi) is 3.00. The highest BCUT2D eigenvalue weighted by Crippen LogP contribution is 2.29. The quantitative estimate of drug-likeness (QED) is 0.804. The Labute approximate surface area is 99.8 Å². The molecule has 0 aliphatic heterocycles. The number of hydrogen-bond acceptors (Lipinski definition) is 2. The molecule has 2 nitrogen and oxygen atoms in total. The molecule has 2 aromatic rings. The summed E-state index contributed by atoms with van der Waals surface area (Å²) in [5, 5.41) is 0. The Morgan fingerprint density at radius 3 is 2.65 bits per heavy atom. The molecule has 88 valence electrons. The van der Waals surface area contributed by atoms with E-state index < -0.39 is 0 Å². The molecule has 0 heterocycles. The van der Waals surface area contributed by atoms with Gasteiger partial charge in [-0.2, -0.15) is 0 Å². The molecule has 0 saturated carbocycles. The summed E-state index contributed by atoms with van der Waals surface area (Å²) in [6.07, 6.45) is 0. The Morgan fingerprint density at radius 2 is 1.94 bits per heavy atom. The van der Waals surface area contributed by atoms with Gasteiger partial charge in [-0.1, -0.05) is 12.1 Å². The van der Waals surface area contributed by atoms with Crippen LogP contribution in [-0.2, 0) is 0 Å². The molecule has 0 atom stereocenters. The summed E-state index contributed by atoms with van der Waals surface area (Å²) >= 11 is 0. The van der Waals surface area contributed by atoms with Crippen molar-refractivity contribution < 1.29 is 9.13 Å². The first kappa shape index (κ1) is 11.5. The minimum Gasteiger partial charge on any atom is -0.497 e. The summed E-state index contributed by atoms with van der Waals surface area (Å²) in [6, 6.07) is 10.4. The summed E-state index contributed by atoms with van der Waals surface area (Å²) in [4.78, 5) is 0. The van der Waals surface area contributed by atoms with E-state index in [4.69, 9.17) is 10.5 Å². The fourth-order valence-electron chi connectivity index (χ4n) is 1.70. The maximum Gasteiger partial charge on any atom is 0.131 e. The van der Waals surface area contributed by atoms with Gasteiger partial charge in [0.15, 0.2) is 0 Å². The predicted octanol–water partition coefficient (Wildman–Crippen LogP) is 3.39. The van der Waals surface area contributed by atoms with E-state index in [-0.39, 0.29) is 5.82 Å². The molecule has 0 aromatic heterocycles. The standard InChI is InChI=1S/C14H14FNO/c1-9-6-13(15)12(8-14(9)16)10-4-3-5-11(7-10)17-2/h3-8H,16H2,1-2H3. The van der Waals surface area contributed by atoms with Crippen LogP contribution in [0.5, 0.6) is 5.75 Å². The maximum absolute atomic E-state index is 13.9. The minimum absolute atomic E-state index is 0.273. The third-order valence-corrected chi connectivity index (χ3v) is 2.74. The predicted molar refractivity (Wildman–Crippen MR) is 67.5 cm³/mol. The summed E-state index contributed by atoms with van der Waals surface area (Å²) in [5.74, 6) is 0.422.